The van der Waals surface area contributed by atoms with Crippen LogP contribution in [0.2, 0.25) is 0 Å². The summed E-state index contributed by atoms with van der Waals surface area (Å²) in [6, 6.07) is 18.0. The van der Waals surface area contributed by atoms with Gasteiger partial charge in [0, 0.05) is 6.08 Å². The molecule has 88 valence electrons. The molecule has 0 aliphatic carbocycles. The van der Waals surface area contributed by atoms with Crippen LogP contribution in [0.25, 0.3) is 22.7 Å². The van der Waals surface area contributed by atoms with Crippen LogP contribution in [0, 0.1) is 0 Å². The Morgan fingerprint density at radius 1 is 1.00 bits per heavy atom. The second-order valence-corrected chi connectivity index (χ2v) is 4.21. The first-order valence-electron chi connectivity index (χ1n) is 5.92. The molecule has 0 N–H and O–H groups in total. The Kier molecular flexibility index (Phi) is 2.69. The van der Waals surface area contributed by atoms with Crippen LogP contribution in [0.15, 0.2) is 59.0 Å². The van der Waals surface area contributed by atoms with E-state index in [1.54, 1.807) is 0 Å². The largest absolute Gasteiger partial charge is 0.437 e. The smallest absolute Gasteiger partial charge is 0.220 e. The number of hydrogen-bond donors (Lipinski definition) is 0. The molecule has 0 aliphatic rings. The lowest BCUT2D eigenvalue weighted by Gasteiger charge is -1.98. The quantitative estimate of drug-likeness (QED) is 0.658. The van der Waals surface area contributed by atoms with Crippen molar-refractivity contribution in [3.63, 3.8) is 0 Å². The maximum absolute atomic E-state index is 5.67. The van der Waals surface area contributed by atoms with Crippen molar-refractivity contribution in [1.29, 1.82) is 0 Å². The molecule has 0 bridgehead atoms. The zero-order valence-corrected chi connectivity index (χ0v) is 10.1. The molecule has 0 saturated carbocycles. The number of rotatable bonds is 2. The summed E-state index contributed by atoms with van der Waals surface area (Å²) in [6.07, 6.45) is 1.97. The molecule has 2 aromatic carbocycles. The lowest BCUT2D eigenvalue weighted by atomic mass is 10.1. The van der Waals surface area contributed by atoms with Crippen molar-refractivity contribution in [3.8, 4) is 0 Å². The lowest BCUT2D eigenvalue weighted by Crippen LogP contribution is -1.78. The topological polar surface area (TPSA) is 26.0 Å². The minimum absolute atomic E-state index is 0.651. The normalized spacial score (nSPS) is 11.9. The molecule has 3 aromatic rings. The van der Waals surface area contributed by atoms with Gasteiger partial charge in [0.2, 0.25) is 5.89 Å². The molecular formula is C16H13NO. The minimum atomic E-state index is 0.651. The predicted molar refractivity (Wildman–Crippen MR) is 74.0 cm³/mol. The van der Waals surface area contributed by atoms with Crippen molar-refractivity contribution in [2.45, 2.75) is 6.92 Å². The maximum atomic E-state index is 5.67. The number of para-hydroxylation sites is 2. The van der Waals surface area contributed by atoms with Crippen molar-refractivity contribution < 1.29 is 4.42 Å². The molecule has 1 aromatic heterocycles. The van der Waals surface area contributed by atoms with E-state index in [0.717, 1.165) is 16.7 Å². The van der Waals surface area contributed by atoms with Crippen LogP contribution in [0.1, 0.15) is 18.4 Å². The van der Waals surface area contributed by atoms with E-state index >= 15 is 0 Å². The molecule has 1 heterocycles. The molecule has 0 saturated heterocycles. The number of fused-ring (bicyclic) bond motifs is 1. The second-order valence-electron chi connectivity index (χ2n) is 4.21. The highest BCUT2D eigenvalue weighted by Gasteiger charge is 2.03. The van der Waals surface area contributed by atoms with Crippen LogP contribution >= 0.6 is 0 Å². The Hall–Kier alpha value is -2.35. The fraction of sp³-hybridized carbons (Fsp3) is 0.0625. The third kappa shape index (κ3) is 2.05. The van der Waals surface area contributed by atoms with Gasteiger partial charge in [-0.3, -0.25) is 0 Å². The molecule has 0 unspecified atom stereocenters. The number of allylic oxidation sites excluding steroid dienone is 1. The van der Waals surface area contributed by atoms with Crippen LogP contribution < -0.4 is 0 Å². The highest BCUT2D eigenvalue weighted by Crippen LogP contribution is 2.20. The number of nitrogens with zero attached hydrogens (tertiary/aromatic N) is 1. The van der Waals surface area contributed by atoms with Gasteiger partial charge in [0.15, 0.2) is 5.58 Å². The van der Waals surface area contributed by atoms with Gasteiger partial charge in [-0.15, -0.1) is 0 Å². The molecular weight excluding hydrogens is 222 g/mol. The van der Waals surface area contributed by atoms with E-state index in [1.165, 1.54) is 5.56 Å². The van der Waals surface area contributed by atoms with Gasteiger partial charge in [0.1, 0.15) is 5.52 Å². The predicted octanol–water partition coefficient (Wildman–Crippen LogP) is 4.39. The Morgan fingerprint density at radius 3 is 2.50 bits per heavy atom. The monoisotopic (exact) mass is 235 g/mol. The van der Waals surface area contributed by atoms with Crippen LogP contribution in [0.3, 0.4) is 0 Å². The van der Waals surface area contributed by atoms with Crippen LogP contribution in [0.5, 0.6) is 0 Å². The molecule has 0 fully saturated rings. The average molecular weight is 235 g/mol. The van der Waals surface area contributed by atoms with E-state index in [-0.39, 0.29) is 0 Å². The molecule has 0 radical (unpaired) electrons. The van der Waals surface area contributed by atoms with E-state index in [9.17, 15) is 0 Å². The lowest BCUT2D eigenvalue weighted by molar-refractivity contribution is 0.589. The van der Waals surface area contributed by atoms with E-state index in [0.29, 0.717) is 5.89 Å². The first kappa shape index (κ1) is 10.8. The second kappa shape index (κ2) is 4.49. The average Bonchev–Trinajstić information content (AvgIpc) is 2.82. The highest BCUT2D eigenvalue weighted by atomic mass is 16.3. The van der Waals surface area contributed by atoms with E-state index in [4.69, 9.17) is 4.42 Å². The number of aromatic nitrogens is 1. The standard InChI is InChI=1S/C16H13NO/c1-12(13-7-3-2-4-8-13)11-16-17-14-9-5-6-10-15(14)18-16/h2-11H,1H3/b12-11+. The van der Waals surface area contributed by atoms with Gasteiger partial charge in [-0.1, -0.05) is 42.5 Å². The summed E-state index contributed by atoms with van der Waals surface area (Å²) in [5.74, 6) is 0.651. The Labute approximate surface area is 106 Å². The summed E-state index contributed by atoms with van der Waals surface area (Å²) >= 11 is 0. The third-order valence-corrected chi connectivity index (χ3v) is 2.88. The van der Waals surface area contributed by atoms with Crippen molar-refractivity contribution in [3.05, 3.63) is 66.1 Å². The summed E-state index contributed by atoms with van der Waals surface area (Å²) in [4.78, 5) is 4.44. The van der Waals surface area contributed by atoms with Crippen molar-refractivity contribution >= 4 is 22.7 Å². The molecule has 0 amide bonds. The molecule has 18 heavy (non-hydrogen) atoms. The van der Waals surface area contributed by atoms with E-state index < -0.39 is 0 Å². The van der Waals surface area contributed by atoms with Gasteiger partial charge in [0.05, 0.1) is 0 Å². The van der Waals surface area contributed by atoms with Gasteiger partial charge >= 0.3 is 0 Å². The molecule has 0 atom stereocenters. The van der Waals surface area contributed by atoms with Crippen molar-refractivity contribution in [2.24, 2.45) is 0 Å². The molecule has 0 spiro atoms. The van der Waals surface area contributed by atoms with Gasteiger partial charge in [-0.05, 0) is 30.2 Å². The van der Waals surface area contributed by atoms with Gasteiger partial charge in [-0.25, -0.2) is 4.98 Å². The zero-order valence-electron chi connectivity index (χ0n) is 10.1. The maximum Gasteiger partial charge on any atom is 0.220 e. The van der Waals surface area contributed by atoms with Gasteiger partial charge in [0.25, 0.3) is 0 Å². The molecule has 3 rings (SSSR count). The summed E-state index contributed by atoms with van der Waals surface area (Å²) < 4.78 is 5.67. The van der Waals surface area contributed by atoms with Crippen molar-refractivity contribution in [2.75, 3.05) is 0 Å². The zero-order chi connectivity index (χ0) is 12.4. The minimum Gasteiger partial charge on any atom is -0.437 e. The van der Waals surface area contributed by atoms with Gasteiger partial charge < -0.3 is 4.42 Å². The summed E-state index contributed by atoms with van der Waals surface area (Å²) in [5, 5.41) is 0. The SMILES string of the molecule is C/C(=C\c1nc2ccccc2o1)c1ccccc1. The summed E-state index contributed by atoms with van der Waals surface area (Å²) in [5.41, 5.74) is 4.04. The first-order valence-corrected chi connectivity index (χ1v) is 5.92. The fourth-order valence-electron chi connectivity index (χ4n) is 1.92. The Balaban J connectivity index is 2.00. The van der Waals surface area contributed by atoms with E-state index in [2.05, 4.69) is 24.0 Å². The fourth-order valence-corrected chi connectivity index (χ4v) is 1.92. The first-order chi connectivity index (χ1) is 8.83. The van der Waals surface area contributed by atoms with Gasteiger partial charge in [-0.2, -0.15) is 0 Å². The highest BCUT2D eigenvalue weighted by molar-refractivity contribution is 5.80. The van der Waals surface area contributed by atoms with Crippen LogP contribution in [-0.4, -0.2) is 4.98 Å². The van der Waals surface area contributed by atoms with Crippen molar-refractivity contribution in [1.82, 2.24) is 4.98 Å². The summed E-state index contributed by atoms with van der Waals surface area (Å²) in [7, 11) is 0. The van der Waals surface area contributed by atoms with Crippen LogP contribution in [0.4, 0.5) is 0 Å². The number of oxazole rings is 1. The summed E-state index contributed by atoms with van der Waals surface area (Å²) in [6.45, 7) is 2.06. The molecule has 2 nitrogen and oxygen atoms in total. The Bertz CT molecular complexity index is 662. The van der Waals surface area contributed by atoms with Crippen LogP contribution in [-0.2, 0) is 0 Å². The molecule has 0 aliphatic heterocycles. The number of hydrogen-bond acceptors (Lipinski definition) is 2. The number of benzene rings is 2. The third-order valence-electron chi connectivity index (χ3n) is 2.88. The Morgan fingerprint density at radius 2 is 1.72 bits per heavy atom. The van der Waals surface area contributed by atoms with E-state index in [1.807, 2.05) is 48.5 Å². The molecule has 2 heteroatoms.